The minimum Gasteiger partial charge on any atom is -0.455 e. The van der Waals surface area contributed by atoms with Crippen LogP contribution in [0.1, 0.15) is 0 Å². The molecule has 0 unspecified atom stereocenters. The topological polar surface area (TPSA) is 69.4 Å². The number of nitrogen functional groups attached to an aromatic ring is 1. The Labute approximate surface area is 116 Å². The number of nitrogens with two attached hydrogens (primary N) is 1. The number of rotatable bonds is 3. The van der Waals surface area contributed by atoms with Crippen LogP contribution in [-0.4, -0.2) is 14.7 Å². The van der Waals surface area contributed by atoms with Crippen molar-refractivity contribution in [2.24, 2.45) is 0 Å². The summed E-state index contributed by atoms with van der Waals surface area (Å²) in [6.07, 6.45) is 1.15. The Morgan fingerprint density at radius 2 is 1.74 bits per heavy atom. The van der Waals surface area contributed by atoms with Crippen molar-refractivity contribution in [1.29, 1.82) is 0 Å². The fourth-order valence-electron chi connectivity index (χ4n) is 1.48. The van der Waals surface area contributed by atoms with Gasteiger partial charge in [0.15, 0.2) is 15.6 Å². The summed E-state index contributed by atoms with van der Waals surface area (Å²) in [7, 11) is -3.21. The smallest absolute Gasteiger partial charge is 0.175 e. The summed E-state index contributed by atoms with van der Waals surface area (Å²) in [6, 6.07) is 11.0. The third-order valence-corrected chi connectivity index (χ3v) is 3.82. The van der Waals surface area contributed by atoms with Crippen molar-refractivity contribution < 1.29 is 13.2 Å². The molecule has 0 bridgehead atoms. The Balaban J connectivity index is 2.27. The van der Waals surface area contributed by atoms with Crippen LogP contribution in [0.2, 0.25) is 5.02 Å². The zero-order valence-corrected chi connectivity index (χ0v) is 11.7. The van der Waals surface area contributed by atoms with Crippen LogP contribution >= 0.6 is 11.6 Å². The van der Waals surface area contributed by atoms with E-state index in [0.717, 1.165) is 6.26 Å². The molecule has 19 heavy (non-hydrogen) atoms. The number of hydrogen-bond donors (Lipinski definition) is 1. The highest BCUT2D eigenvalue weighted by Crippen LogP contribution is 2.30. The molecular weight excluding hydrogens is 286 g/mol. The molecule has 4 nitrogen and oxygen atoms in total. The summed E-state index contributed by atoms with van der Waals surface area (Å²) in [5.74, 6) is 0.918. The second-order valence-electron chi connectivity index (χ2n) is 4.03. The monoisotopic (exact) mass is 297 g/mol. The van der Waals surface area contributed by atoms with Crippen molar-refractivity contribution >= 4 is 27.1 Å². The molecule has 0 amide bonds. The summed E-state index contributed by atoms with van der Waals surface area (Å²) in [6.45, 7) is 0. The molecule has 2 rings (SSSR count). The Hall–Kier alpha value is -1.72. The van der Waals surface area contributed by atoms with E-state index >= 15 is 0 Å². The zero-order chi connectivity index (χ0) is 14.0. The molecule has 0 spiro atoms. The molecule has 0 fully saturated rings. The number of ether oxygens (including phenoxy) is 1. The molecule has 0 aromatic heterocycles. The quantitative estimate of drug-likeness (QED) is 0.884. The zero-order valence-electron chi connectivity index (χ0n) is 10.1. The van der Waals surface area contributed by atoms with Gasteiger partial charge in [-0.1, -0.05) is 11.6 Å². The summed E-state index contributed by atoms with van der Waals surface area (Å²) in [5.41, 5.74) is 6.21. The molecular formula is C13H12ClNO3S. The standard InChI is InChI=1S/C13H12ClNO3S/c1-19(16,17)11-5-3-10(4-6-11)18-13-8-9(14)2-7-12(13)15/h2-8H,15H2,1H3. The van der Waals surface area contributed by atoms with Crippen molar-refractivity contribution in [1.82, 2.24) is 0 Å². The minimum atomic E-state index is -3.21. The third-order valence-electron chi connectivity index (χ3n) is 2.46. The number of sulfone groups is 1. The van der Waals surface area contributed by atoms with Crippen molar-refractivity contribution in [3.63, 3.8) is 0 Å². The van der Waals surface area contributed by atoms with Crippen LogP contribution in [0.3, 0.4) is 0 Å². The highest BCUT2D eigenvalue weighted by molar-refractivity contribution is 7.90. The van der Waals surface area contributed by atoms with Gasteiger partial charge in [-0.05, 0) is 36.4 Å². The van der Waals surface area contributed by atoms with Crippen molar-refractivity contribution in [2.75, 3.05) is 12.0 Å². The molecule has 2 aromatic rings. The van der Waals surface area contributed by atoms with Crippen LogP contribution in [0.5, 0.6) is 11.5 Å². The maximum absolute atomic E-state index is 11.3. The Morgan fingerprint density at radius 3 is 2.32 bits per heavy atom. The van der Waals surface area contributed by atoms with Gasteiger partial charge in [-0.15, -0.1) is 0 Å². The molecule has 0 radical (unpaired) electrons. The fourth-order valence-corrected chi connectivity index (χ4v) is 2.27. The summed E-state index contributed by atoms with van der Waals surface area (Å²) >= 11 is 5.85. The molecule has 0 atom stereocenters. The van der Waals surface area contributed by atoms with Crippen molar-refractivity contribution in [2.45, 2.75) is 4.90 Å². The average Bonchev–Trinajstić information content (AvgIpc) is 2.33. The van der Waals surface area contributed by atoms with Crippen LogP contribution < -0.4 is 10.5 Å². The second-order valence-corrected chi connectivity index (χ2v) is 6.48. The van der Waals surface area contributed by atoms with Crippen LogP contribution in [0.4, 0.5) is 5.69 Å². The van der Waals surface area contributed by atoms with E-state index in [4.69, 9.17) is 22.1 Å². The lowest BCUT2D eigenvalue weighted by atomic mass is 10.3. The molecule has 2 N–H and O–H groups in total. The van der Waals surface area contributed by atoms with Gasteiger partial charge in [0.2, 0.25) is 0 Å². The Bertz CT molecular complexity index is 696. The Kier molecular flexibility index (Phi) is 3.68. The first-order valence-corrected chi connectivity index (χ1v) is 7.66. The van der Waals surface area contributed by atoms with Gasteiger partial charge in [0.1, 0.15) is 5.75 Å². The molecule has 0 aliphatic heterocycles. The van der Waals surface area contributed by atoms with Crippen LogP contribution in [0.15, 0.2) is 47.4 Å². The highest BCUT2D eigenvalue weighted by atomic mass is 35.5. The van der Waals surface area contributed by atoms with E-state index in [-0.39, 0.29) is 4.90 Å². The SMILES string of the molecule is CS(=O)(=O)c1ccc(Oc2cc(Cl)ccc2N)cc1. The van der Waals surface area contributed by atoms with Gasteiger partial charge < -0.3 is 10.5 Å². The van der Waals surface area contributed by atoms with Crippen LogP contribution in [0, 0.1) is 0 Å². The maximum atomic E-state index is 11.3. The number of anilines is 1. The lowest BCUT2D eigenvalue weighted by molar-refractivity contribution is 0.484. The van der Waals surface area contributed by atoms with E-state index in [0.29, 0.717) is 22.2 Å². The van der Waals surface area contributed by atoms with Gasteiger partial charge in [-0.3, -0.25) is 0 Å². The van der Waals surface area contributed by atoms with Crippen LogP contribution in [0.25, 0.3) is 0 Å². The van der Waals surface area contributed by atoms with Gasteiger partial charge in [0, 0.05) is 17.3 Å². The Morgan fingerprint density at radius 1 is 1.11 bits per heavy atom. The van der Waals surface area contributed by atoms with Gasteiger partial charge in [-0.2, -0.15) is 0 Å². The average molecular weight is 298 g/mol. The normalized spacial score (nSPS) is 11.3. The number of halogens is 1. The first kappa shape index (κ1) is 13.7. The number of hydrogen-bond acceptors (Lipinski definition) is 4. The van der Waals surface area contributed by atoms with E-state index < -0.39 is 9.84 Å². The number of benzene rings is 2. The molecule has 0 saturated heterocycles. The van der Waals surface area contributed by atoms with E-state index in [2.05, 4.69) is 0 Å². The van der Waals surface area contributed by atoms with Gasteiger partial charge in [0.05, 0.1) is 10.6 Å². The van der Waals surface area contributed by atoms with Crippen LogP contribution in [-0.2, 0) is 9.84 Å². The second kappa shape index (κ2) is 5.11. The maximum Gasteiger partial charge on any atom is 0.175 e. The molecule has 0 heterocycles. The predicted molar refractivity (Wildman–Crippen MR) is 75.5 cm³/mol. The molecule has 0 aliphatic rings. The van der Waals surface area contributed by atoms with Crippen molar-refractivity contribution in [3.05, 3.63) is 47.5 Å². The molecule has 100 valence electrons. The van der Waals surface area contributed by atoms with Gasteiger partial charge in [-0.25, -0.2) is 8.42 Å². The first-order chi connectivity index (χ1) is 8.86. The lowest BCUT2D eigenvalue weighted by Gasteiger charge is -2.09. The molecule has 2 aromatic carbocycles. The largest absolute Gasteiger partial charge is 0.455 e. The van der Waals surface area contributed by atoms with Gasteiger partial charge in [0.25, 0.3) is 0 Å². The van der Waals surface area contributed by atoms with E-state index in [9.17, 15) is 8.42 Å². The molecule has 6 heteroatoms. The molecule has 0 saturated carbocycles. The lowest BCUT2D eigenvalue weighted by Crippen LogP contribution is -1.97. The fraction of sp³-hybridized carbons (Fsp3) is 0.0769. The predicted octanol–water partition coefficient (Wildman–Crippen LogP) is 3.12. The van der Waals surface area contributed by atoms with E-state index in [1.165, 1.54) is 12.1 Å². The molecule has 0 aliphatic carbocycles. The van der Waals surface area contributed by atoms with E-state index in [1.54, 1.807) is 30.3 Å². The first-order valence-electron chi connectivity index (χ1n) is 5.39. The van der Waals surface area contributed by atoms with Crippen molar-refractivity contribution in [3.8, 4) is 11.5 Å². The van der Waals surface area contributed by atoms with E-state index in [1.807, 2.05) is 0 Å². The third kappa shape index (κ3) is 3.39. The summed E-state index contributed by atoms with van der Waals surface area (Å²) in [5, 5.41) is 0.511. The summed E-state index contributed by atoms with van der Waals surface area (Å²) < 4.78 is 28.2. The minimum absolute atomic E-state index is 0.235. The van der Waals surface area contributed by atoms with Gasteiger partial charge >= 0.3 is 0 Å². The highest BCUT2D eigenvalue weighted by Gasteiger charge is 2.08. The summed E-state index contributed by atoms with van der Waals surface area (Å²) in [4.78, 5) is 0.235.